The van der Waals surface area contributed by atoms with Crippen LogP contribution in [-0.2, 0) is 6.54 Å². The minimum absolute atomic E-state index is 0.326. The lowest BCUT2D eigenvalue weighted by Gasteiger charge is -2.30. The molecule has 1 heterocycles. The number of aliphatic hydroxyl groups excluding tert-OH is 1. The second kappa shape index (κ2) is 8.03. The van der Waals surface area contributed by atoms with Gasteiger partial charge in [0.25, 0.3) is 0 Å². The second-order valence-electron chi connectivity index (χ2n) is 5.43. The first-order chi connectivity index (χ1) is 9.72. The maximum absolute atomic E-state index is 9.78. The molecule has 1 atom stereocenters. The van der Waals surface area contributed by atoms with Crippen molar-refractivity contribution in [1.29, 1.82) is 0 Å². The number of hydrogen-bond donors (Lipinski definition) is 2. The van der Waals surface area contributed by atoms with Crippen molar-refractivity contribution >= 4 is 11.9 Å². The molecule has 3 nitrogen and oxygen atoms in total. The third-order valence-corrected chi connectivity index (χ3v) is 4.94. The maximum Gasteiger partial charge on any atom is 0.0787 e. The molecule has 1 aliphatic heterocycles. The predicted molar refractivity (Wildman–Crippen MR) is 86.6 cm³/mol. The Kier molecular flexibility index (Phi) is 6.36. The molecule has 1 aromatic carbocycles. The molecule has 0 aliphatic carbocycles. The topological polar surface area (TPSA) is 35.5 Å². The Hall–Kier alpha value is -0.550. The number of hydrogen-bond acceptors (Lipinski definition) is 4. The lowest BCUT2D eigenvalue weighted by Crippen LogP contribution is -2.39. The Balaban J connectivity index is 1.77. The van der Waals surface area contributed by atoms with E-state index in [2.05, 4.69) is 28.0 Å². The number of benzene rings is 1. The van der Waals surface area contributed by atoms with Gasteiger partial charge in [0.05, 0.1) is 6.10 Å². The zero-order valence-corrected chi connectivity index (χ0v) is 13.3. The summed E-state index contributed by atoms with van der Waals surface area (Å²) in [5.74, 6) is 0. The third kappa shape index (κ3) is 4.48. The Labute approximate surface area is 126 Å². The molecule has 0 aromatic heterocycles. The van der Waals surface area contributed by atoms with Gasteiger partial charge in [0.1, 0.15) is 0 Å². The van der Waals surface area contributed by atoms with Crippen LogP contribution in [-0.4, -0.2) is 34.8 Å². The van der Waals surface area contributed by atoms with E-state index in [1.807, 2.05) is 31.0 Å². The summed E-state index contributed by atoms with van der Waals surface area (Å²) in [7, 11) is 0. The van der Waals surface area contributed by atoms with Gasteiger partial charge < -0.3 is 10.4 Å². The molecule has 2 N–H and O–H groups in total. The van der Waals surface area contributed by atoms with Gasteiger partial charge in [0.15, 0.2) is 0 Å². The molecule has 20 heavy (non-hydrogen) atoms. The molecule has 1 aromatic rings. The Morgan fingerprint density at radius 3 is 2.50 bits per heavy atom. The highest BCUT2D eigenvalue weighted by atomic mass is 32.2. The summed E-state index contributed by atoms with van der Waals surface area (Å²) in [6.45, 7) is 5.29. The monoisotopic (exact) mass is 294 g/mol. The van der Waals surface area contributed by atoms with Crippen LogP contribution in [0.5, 0.6) is 0 Å². The molecule has 0 bridgehead atoms. The fourth-order valence-electron chi connectivity index (χ4n) is 2.60. The summed E-state index contributed by atoms with van der Waals surface area (Å²) in [4.78, 5) is 0. The molecule has 0 radical (unpaired) electrons. The molecular formula is C16H26N2OS. The van der Waals surface area contributed by atoms with E-state index in [9.17, 15) is 5.11 Å². The van der Waals surface area contributed by atoms with Crippen LogP contribution in [0.15, 0.2) is 24.3 Å². The van der Waals surface area contributed by atoms with E-state index in [-0.39, 0.29) is 6.10 Å². The Morgan fingerprint density at radius 2 is 1.95 bits per heavy atom. The maximum atomic E-state index is 9.78. The summed E-state index contributed by atoms with van der Waals surface area (Å²) < 4.78 is 2.43. The molecule has 1 saturated heterocycles. The SMILES string of the molecule is CCC(O)c1ccc(CNC2CCN(SC)CC2)cc1. The number of nitrogens with one attached hydrogen (secondary N) is 1. The van der Waals surface area contributed by atoms with Gasteiger partial charge in [-0.25, -0.2) is 0 Å². The minimum Gasteiger partial charge on any atom is -0.388 e. The molecule has 4 heteroatoms. The summed E-state index contributed by atoms with van der Waals surface area (Å²) in [5, 5.41) is 13.4. The number of nitrogens with zero attached hydrogens (tertiary/aromatic N) is 1. The van der Waals surface area contributed by atoms with E-state index in [0.717, 1.165) is 18.5 Å². The van der Waals surface area contributed by atoms with Crippen LogP contribution in [0.1, 0.15) is 43.4 Å². The molecule has 112 valence electrons. The molecule has 1 unspecified atom stereocenters. The van der Waals surface area contributed by atoms with Crippen molar-refractivity contribution < 1.29 is 5.11 Å². The summed E-state index contributed by atoms with van der Waals surface area (Å²) in [5.41, 5.74) is 2.31. The first-order valence-corrected chi connectivity index (χ1v) is 8.70. The second-order valence-corrected chi connectivity index (χ2v) is 6.31. The molecule has 0 spiro atoms. The Morgan fingerprint density at radius 1 is 1.30 bits per heavy atom. The summed E-state index contributed by atoms with van der Waals surface area (Å²) >= 11 is 1.85. The number of rotatable bonds is 6. The van der Waals surface area contributed by atoms with Gasteiger partial charge in [-0.05, 0) is 36.6 Å². The molecule has 0 saturated carbocycles. The molecule has 0 amide bonds. The van der Waals surface area contributed by atoms with Crippen LogP contribution in [0.3, 0.4) is 0 Å². The van der Waals surface area contributed by atoms with Crippen molar-refractivity contribution in [2.75, 3.05) is 19.3 Å². The molecule has 1 aliphatic rings. The van der Waals surface area contributed by atoms with Gasteiger partial charge >= 0.3 is 0 Å². The van der Waals surface area contributed by atoms with Gasteiger partial charge in [-0.15, -0.1) is 0 Å². The number of piperidine rings is 1. The highest BCUT2D eigenvalue weighted by molar-refractivity contribution is 7.96. The standard InChI is InChI=1S/C16H26N2OS/c1-3-16(19)14-6-4-13(5-7-14)12-17-15-8-10-18(20-2)11-9-15/h4-7,15-17,19H,3,8-12H2,1-2H3. The largest absolute Gasteiger partial charge is 0.388 e. The zero-order chi connectivity index (χ0) is 14.4. The van der Waals surface area contributed by atoms with E-state index >= 15 is 0 Å². The van der Waals surface area contributed by atoms with Crippen molar-refractivity contribution in [3.05, 3.63) is 35.4 Å². The van der Waals surface area contributed by atoms with E-state index in [0.29, 0.717) is 6.04 Å². The highest BCUT2D eigenvalue weighted by Gasteiger charge is 2.17. The predicted octanol–water partition coefficient (Wildman–Crippen LogP) is 2.96. The smallest absolute Gasteiger partial charge is 0.0787 e. The van der Waals surface area contributed by atoms with Crippen LogP contribution in [0.4, 0.5) is 0 Å². The molecule has 2 rings (SSSR count). The minimum atomic E-state index is -0.326. The van der Waals surface area contributed by atoms with Crippen LogP contribution < -0.4 is 5.32 Å². The van der Waals surface area contributed by atoms with E-state index in [1.165, 1.54) is 31.5 Å². The zero-order valence-electron chi connectivity index (χ0n) is 12.5. The van der Waals surface area contributed by atoms with Crippen LogP contribution in [0.2, 0.25) is 0 Å². The lowest BCUT2D eigenvalue weighted by molar-refractivity contribution is 0.173. The van der Waals surface area contributed by atoms with Crippen molar-refractivity contribution in [2.24, 2.45) is 0 Å². The first-order valence-electron chi connectivity index (χ1n) is 7.52. The van der Waals surface area contributed by atoms with E-state index in [4.69, 9.17) is 0 Å². The highest BCUT2D eigenvalue weighted by Crippen LogP contribution is 2.18. The van der Waals surface area contributed by atoms with Gasteiger partial charge in [0, 0.05) is 25.7 Å². The van der Waals surface area contributed by atoms with Crippen molar-refractivity contribution in [3.8, 4) is 0 Å². The van der Waals surface area contributed by atoms with Crippen LogP contribution in [0.25, 0.3) is 0 Å². The van der Waals surface area contributed by atoms with Crippen LogP contribution >= 0.6 is 11.9 Å². The van der Waals surface area contributed by atoms with Crippen molar-refractivity contribution in [2.45, 2.75) is 44.9 Å². The van der Waals surface area contributed by atoms with Crippen LogP contribution in [0, 0.1) is 0 Å². The van der Waals surface area contributed by atoms with Crippen molar-refractivity contribution in [1.82, 2.24) is 9.62 Å². The summed E-state index contributed by atoms with van der Waals surface area (Å²) in [6.07, 6.45) is 5.06. The fraction of sp³-hybridized carbons (Fsp3) is 0.625. The quantitative estimate of drug-likeness (QED) is 0.791. The number of aliphatic hydroxyl groups is 1. The van der Waals surface area contributed by atoms with Gasteiger partial charge in [-0.2, -0.15) is 0 Å². The average Bonchev–Trinajstić information content (AvgIpc) is 2.53. The average molecular weight is 294 g/mol. The third-order valence-electron chi connectivity index (χ3n) is 4.06. The summed E-state index contributed by atoms with van der Waals surface area (Å²) in [6, 6.07) is 8.97. The molecular weight excluding hydrogens is 268 g/mol. The van der Waals surface area contributed by atoms with Gasteiger partial charge in [0.2, 0.25) is 0 Å². The first kappa shape index (κ1) is 15.8. The van der Waals surface area contributed by atoms with Gasteiger partial charge in [-0.3, -0.25) is 4.31 Å². The van der Waals surface area contributed by atoms with Gasteiger partial charge in [-0.1, -0.05) is 43.1 Å². The lowest BCUT2D eigenvalue weighted by atomic mass is 10.0. The van der Waals surface area contributed by atoms with E-state index in [1.54, 1.807) is 0 Å². The van der Waals surface area contributed by atoms with Crippen molar-refractivity contribution in [3.63, 3.8) is 0 Å². The fourth-order valence-corrected chi connectivity index (χ4v) is 3.17. The Bertz CT molecular complexity index is 388. The molecule has 1 fully saturated rings. The normalized spacial score (nSPS) is 19.1. The van der Waals surface area contributed by atoms with E-state index < -0.39 is 0 Å².